The maximum Gasteiger partial charge on any atom is 0.473 e. The summed E-state index contributed by atoms with van der Waals surface area (Å²) in [4.78, 5) is 36.5. The molecule has 0 fully saturated rings. The fraction of sp³-hybridized carbons (Fsp3) is 0.857. The van der Waals surface area contributed by atoms with Crippen LogP contribution in [0, 0.1) is 0 Å². The van der Waals surface area contributed by atoms with E-state index in [1.165, 1.54) is 83.5 Å². The van der Waals surface area contributed by atoms with Gasteiger partial charge >= 0.3 is 13.8 Å². The SMILES string of the molecule is CCCCC/C=C\C/C=C\CCCCCCCC(=O)O[C@@H](CO)C(OP(=O)(O)OCC[N+](C)(C)C)C(=O)CCCCCCCCCCCCCCC. The van der Waals surface area contributed by atoms with Gasteiger partial charge in [0.15, 0.2) is 18.0 Å². The van der Waals surface area contributed by atoms with Crippen LogP contribution in [0.4, 0.5) is 0 Å². The molecule has 0 radical (unpaired) electrons. The minimum atomic E-state index is -4.67. The number of aliphatic hydroxyl groups excluding tert-OH is 1. The predicted octanol–water partition coefficient (Wildman–Crippen LogP) is 11.0. The number of ketones is 1. The van der Waals surface area contributed by atoms with E-state index in [0.717, 1.165) is 57.8 Å². The molecular formula is C42H81NO8P+. The van der Waals surface area contributed by atoms with E-state index in [2.05, 4.69) is 38.2 Å². The Bertz CT molecular complexity index is 964. The number of allylic oxidation sites excluding steroid dienone is 4. The molecule has 9 nitrogen and oxygen atoms in total. The van der Waals surface area contributed by atoms with E-state index in [1.54, 1.807) is 0 Å². The highest BCUT2D eigenvalue weighted by Gasteiger charge is 2.38. The number of carbonyl (C=O) groups is 2. The van der Waals surface area contributed by atoms with Crippen LogP contribution in [-0.2, 0) is 27.9 Å². The van der Waals surface area contributed by atoms with Crippen molar-refractivity contribution in [1.82, 2.24) is 0 Å². The van der Waals surface area contributed by atoms with Gasteiger partial charge in [-0.15, -0.1) is 0 Å². The molecule has 0 aromatic rings. The predicted molar refractivity (Wildman–Crippen MR) is 215 cm³/mol. The number of likely N-dealkylation sites (N-methyl/N-ethyl adjacent to an activating group) is 1. The van der Waals surface area contributed by atoms with Crippen LogP contribution in [0.5, 0.6) is 0 Å². The van der Waals surface area contributed by atoms with Crippen molar-refractivity contribution in [2.45, 2.75) is 193 Å². The van der Waals surface area contributed by atoms with E-state index in [4.69, 9.17) is 13.8 Å². The quantitative estimate of drug-likeness (QED) is 0.0210. The van der Waals surface area contributed by atoms with Crippen molar-refractivity contribution in [1.29, 1.82) is 0 Å². The first kappa shape index (κ1) is 50.6. The molecule has 2 N–H and O–H groups in total. The van der Waals surface area contributed by atoms with Crippen LogP contribution >= 0.6 is 7.82 Å². The van der Waals surface area contributed by atoms with E-state index in [1.807, 2.05) is 21.1 Å². The molecular weight excluding hydrogens is 677 g/mol. The third-order valence-corrected chi connectivity index (χ3v) is 10.2. The molecule has 0 aromatic carbocycles. The van der Waals surface area contributed by atoms with Crippen LogP contribution in [0.2, 0.25) is 0 Å². The second-order valence-electron chi connectivity index (χ2n) is 15.5. The maximum atomic E-state index is 13.3. The molecule has 0 aromatic heterocycles. The summed E-state index contributed by atoms with van der Waals surface area (Å²) >= 11 is 0. The lowest BCUT2D eigenvalue weighted by Crippen LogP contribution is -2.42. The highest BCUT2D eigenvalue weighted by molar-refractivity contribution is 7.47. The van der Waals surface area contributed by atoms with Gasteiger partial charge in [-0.1, -0.05) is 147 Å². The van der Waals surface area contributed by atoms with Crippen LogP contribution < -0.4 is 0 Å². The Morgan fingerprint density at radius 1 is 0.654 bits per heavy atom. The van der Waals surface area contributed by atoms with Crippen LogP contribution in [0.15, 0.2) is 24.3 Å². The van der Waals surface area contributed by atoms with Gasteiger partial charge in [0, 0.05) is 12.8 Å². The van der Waals surface area contributed by atoms with Gasteiger partial charge in [-0.05, 0) is 44.9 Å². The van der Waals surface area contributed by atoms with Gasteiger partial charge in [-0.25, -0.2) is 4.57 Å². The fourth-order valence-corrected chi connectivity index (χ4v) is 6.81. The van der Waals surface area contributed by atoms with Gasteiger partial charge in [0.05, 0.1) is 27.7 Å². The molecule has 10 heteroatoms. The Balaban J connectivity index is 4.69. The lowest BCUT2D eigenvalue weighted by molar-refractivity contribution is -0.870. The number of aliphatic hydroxyl groups is 1. The zero-order valence-electron chi connectivity index (χ0n) is 34.2. The van der Waals surface area contributed by atoms with E-state index in [0.29, 0.717) is 23.9 Å². The number of unbranched alkanes of at least 4 members (excludes halogenated alkanes) is 20. The van der Waals surface area contributed by atoms with Crippen LogP contribution in [0.3, 0.4) is 0 Å². The summed E-state index contributed by atoms with van der Waals surface area (Å²) in [7, 11) is 1.10. The first-order valence-corrected chi connectivity index (χ1v) is 22.5. The Morgan fingerprint density at radius 2 is 1.10 bits per heavy atom. The molecule has 306 valence electrons. The third-order valence-electron chi connectivity index (χ3n) is 9.24. The largest absolute Gasteiger partial charge is 0.473 e. The Labute approximate surface area is 319 Å². The second-order valence-corrected chi connectivity index (χ2v) is 16.9. The molecule has 0 aliphatic heterocycles. The molecule has 0 aliphatic rings. The number of nitrogens with zero attached hydrogens (tertiary/aromatic N) is 1. The number of phosphoric acid groups is 1. The number of esters is 1. The van der Waals surface area contributed by atoms with Crippen molar-refractivity contribution in [2.75, 3.05) is 40.9 Å². The van der Waals surface area contributed by atoms with Crippen LogP contribution in [0.25, 0.3) is 0 Å². The first-order valence-electron chi connectivity index (χ1n) is 21.0. The summed E-state index contributed by atoms with van der Waals surface area (Å²) in [6, 6.07) is 0. The van der Waals surface area contributed by atoms with E-state index >= 15 is 0 Å². The smallest absolute Gasteiger partial charge is 0.457 e. The highest BCUT2D eigenvalue weighted by Crippen LogP contribution is 2.45. The molecule has 0 amide bonds. The Hall–Kier alpha value is -1.35. The maximum absolute atomic E-state index is 13.3. The number of hydrogen-bond donors (Lipinski definition) is 2. The topological polar surface area (TPSA) is 119 Å². The number of hydrogen-bond acceptors (Lipinski definition) is 7. The minimum Gasteiger partial charge on any atom is -0.457 e. The van der Waals surface area contributed by atoms with Gasteiger partial charge in [-0.2, -0.15) is 0 Å². The van der Waals surface area contributed by atoms with E-state index in [-0.39, 0.29) is 19.4 Å². The molecule has 0 aliphatic carbocycles. The molecule has 0 spiro atoms. The number of carbonyl (C=O) groups excluding carboxylic acids is 2. The van der Waals surface area contributed by atoms with Crippen LogP contribution in [-0.4, -0.2) is 79.3 Å². The lowest BCUT2D eigenvalue weighted by Gasteiger charge is -2.27. The Morgan fingerprint density at radius 3 is 1.60 bits per heavy atom. The van der Waals surface area contributed by atoms with Gasteiger partial charge in [0.25, 0.3) is 0 Å². The summed E-state index contributed by atoms with van der Waals surface area (Å²) in [6.45, 7) is 4.13. The van der Waals surface area contributed by atoms with Crippen molar-refractivity contribution < 1.29 is 42.4 Å². The normalized spacial score (nSPS) is 14.6. The summed E-state index contributed by atoms with van der Waals surface area (Å²) in [6.07, 6.45) is 33.1. The number of Topliss-reactive ketones (excluding diaryl/α,β-unsaturated/α-hetero) is 1. The van der Waals surface area contributed by atoms with Crippen molar-refractivity contribution in [2.24, 2.45) is 0 Å². The van der Waals surface area contributed by atoms with Crippen molar-refractivity contribution >= 4 is 19.6 Å². The fourth-order valence-electron chi connectivity index (χ4n) is 5.90. The zero-order chi connectivity index (χ0) is 38.8. The third kappa shape index (κ3) is 33.2. The van der Waals surface area contributed by atoms with Gasteiger partial charge in [0.1, 0.15) is 13.2 Å². The van der Waals surface area contributed by atoms with Crippen molar-refractivity contribution in [3.8, 4) is 0 Å². The number of ether oxygens (including phenoxy) is 1. The molecule has 52 heavy (non-hydrogen) atoms. The number of quaternary nitrogens is 1. The summed E-state index contributed by atoms with van der Waals surface area (Å²) in [5.41, 5.74) is 0. The van der Waals surface area contributed by atoms with E-state index < -0.39 is 38.4 Å². The molecule has 0 heterocycles. The lowest BCUT2D eigenvalue weighted by atomic mass is 10.0. The molecule has 0 saturated carbocycles. The van der Waals surface area contributed by atoms with Gasteiger partial charge in [-0.3, -0.25) is 18.6 Å². The van der Waals surface area contributed by atoms with E-state index in [9.17, 15) is 24.2 Å². The average Bonchev–Trinajstić information content (AvgIpc) is 3.09. The highest BCUT2D eigenvalue weighted by atomic mass is 31.2. The monoisotopic (exact) mass is 759 g/mol. The first-order chi connectivity index (χ1) is 25.0. The number of phosphoric ester groups is 1. The van der Waals surface area contributed by atoms with Crippen molar-refractivity contribution in [3.63, 3.8) is 0 Å². The molecule has 0 saturated heterocycles. The van der Waals surface area contributed by atoms with Crippen molar-refractivity contribution in [3.05, 3.63) is 24.3 Å². The molecule has 0 bridgehead atoms. The average molecular weight is 759 g/mol. The summed E-state index contributed by atoms with van der Waals surface area (Å²) < 4.78 is 29.4. The minimum absolute atomic E-state index is 0.0621. The van der Waals surface area contributed by atoms with Gasteiger partial charge in [0.2, 0.25) is 0 Å². The molecule has 2 unspecified atom stereocenters. The zero-order valence-corrected chi connectivity index (χ0v) is 35.1. The Kier molecular flexibility index (Phi) is 33.3. The van der Waals surface area contributed by atoms with Crippen LogP contribution in [0.1, 0.15) is 181 Å². The summed E-state index contributed by atoms with van der Waals surface area (Å²) in [5, 5.41) is 10.1. The second kappa shape index (κ2) is 34.2. The number of rotatable bonds is 38. The summed E-state index contributed by atoms with van der Waals surface area (Å²) in [5.74, 6) is -1.04. The molecule has 0 rings (SSSR count). The standard InChI is InChI=1S/C42H80NO8P/c1-6-8-10-12-14-16-18-20-21-23-25-27-29-31-33-35-41(46)50-40(38-44)42(51-52(47,48)49-37-36-43(3,4)5)39(45)34-32-30-28-26-24-22-19-17-15-13-11-9-7-2/h14,16,20-21,40,42,44H,6-13,15,17-19,22-38H2,1-5H3/p+1/b16-14-,21-20-/t40-,42?/m0/s1. The molecule has 3 atom stereocenters. The van der Waals surface area contributed by atoms with Gasteiger partial charge < -0.3 is 19.2 Å².